The summed E-state index contributed by atoms with van der Waals surface area (Å²) in [5.74, 6) is 2.45. The Labute approximate surface area is 105 Å². The molecular formula is C13H14O5. The van der Waals surface area contributed by atoms with E-state index in [1.165, 1.54) is 14.2 Å². The third-order valence-corrected chi connectivity index (χ3v) is 2.23. The first kappa shape index (κ1) is 13.9. The molecule has 0 aliphatic heterocycles. The van der Waals surface area contributed by atoms with Crippen LogP contribution >= 0.6 is 0 Å². The van der Waals surface area contributed by atoms with Crippen LogP contribution in [-0.4, -0.2) is 31.9 Å². The van der Waals surface area contributed by atoms with Crippen LogP contribution in [0.5, 0.6) is 11.5 Å². The number of aliphatic hydroxyl groups excluding tert-OH is 1. The van der Waals surface area contributed by atoms with Gasteiger partial charge in [0.15, 0.2) is 18.1 Å². The molecule has 5 nitrogen and oxygen atoms in total. The molecule has 0 saturated heterocycles. The lowest BCUT2D eigenvalue weighted by atomic mass is 10.1. The summed E-state index contributed by atoms with van der Waals surface area (Å²) in [4.78, 5) is 11.0. The number of ether oxygens (including phenoxy) is 3. The fraction of sp³-hybridized carbons (Fsp3) is 0.308. The van der Waals surface area contributed by atoms with Gasteiger partial charge in [0.1, 0.15) is 6.10 Å². The van der Waals surface area contributed by atoms with E-state index in [0.717, 1.165) is 0 Å². The number of rotatable bonds is 5. The molecule has 0 aliphatic rings. The van der Waals surface area contributed by atoms with Gasteiger partial charge in [-0.25, -0.2) is 4.79 Å². The smallest absolute Gasteiger partial charge is 0.343 e. The molecule has 0 aromatic heterocycles. The van der Waals surface area contributed by atoms with E-state index in [0.29, 0.717) is 17.1 Å². The van der Waals surface area contributed by atoms with Crippen molar-refractivity contribution in [1.29, 1.82) is 0 Å². The first-order valence-corrected chi connectivity index (χ1v) is 5.14. The van der Waals surface area contributed by atoms with Crippen molar-refractivity contribution in [3.63, 3.8) is 0 Å². The molecule has 1 aromatic carbocycles. The van der Waals surface area contributed by atoms with E-state index in [-0.39, 0.29) is 6.61 Å². The second-order valence-electron chi connectivity index (χ2n) is 3.34. The monoisotopic (exact) mass is 250 g/mol. The number of aliphatic hydroxyl groups is 1. The van der Waals surface area contributed by atoms with E-state index in [4.69, 9.17) is 15.9 Å². The summed E-state index contributed by atoms with van der Waals surface area (Å²) >= 11 is 0. The molecule has 5 heteroatoms. The zero-order valence-corrected chi connectivity index (χ0v) is 10.2. The summed E-state index contributed by atoms with van der Waals surface area (Å²) in [7, 11) is 2.72. The Balaban J connectivity index is 2.87. The normalized spacial score (nSPS) is 11.2. The van der Waals surface area contributed by atoms with Gasteiger partial charge in [-0.2, -0.15) is 0 Å². The number of esters is 1. The van der Waals surface area contributed by atoms with Crippen LogP contribution in [-0.2, 0) is 9.53 Å². The van der Waals surface area contributed by atoms with Crippen LogP contribution in [0.2, 0.25) is 0 Å². The van der Waals surface area contributed by atoms with Gasteiger partial charge in [-0.1, -0.05) is 12.0 Å². The molecule has 1 rings (SSSR count). The van der Waals surface area contributed by atoms with Crippen molar-refractivity contribution in [2.24, 2.45) is 0 Å². The molecule has 0 radical (unpaired) electrons. The molecule has 0 amide bonds. The predicted molar refractivity (Wildman–Crippen MR) is 64.3 cm³/mol. The summed E-state index contributed by atoms with van der Waals surface area (Å²) in [6.07, 6.45) is 4.11. The number of methoxy groups -OCH3 is 2. The zero-order valence-electron chi connectivity index (χ0n) is 10.2. The van der Waals surface area contributed by atoms with Gasteiger partial charge in [0.25, 0.3) is 0 Å². The average Bonchev–Trinajstić information content (AvgIpc) is 2.43. The molecule has 0 heterocycles. The number of carbonyl (C=O) groups excluding carboxylic acids is 1. The molecule has 0 bridgehead atoms. The Kier molecular flexibility index (Phi) is 5.03. The molecule has 1 atom stereocenters. The van der Waals surface area contributed by atoms with Crippen LogP contribution in [0.3, 0.4) is 0 Å². The molecule has 0 fully saturated rings. The molecule has 0 spiro atoms. The van der Waals surface area contributed by atoms with Crippen molar-refractivity contribution < 1.29 is 24.1 Å². The third kappa shape index (κ3) is 3.40. The van der Waals surface area contributed by atoms with Gasteiger partial charge in [0.05, 0.1) is 14.2 Å². The SMILES string of the molecule is C#CC(O)c1ccc(OCC(=O)OC)c(OC)c1. The minimum atomic E-state index is -1.01. The van der Waals surface area contributed by atoms with Crippen LogP contribution in [0.15, 0.2) is 18.2 Å². The Morgan fingerprint density at radius 2 is 2.17 bits per heavy atom. The highest BCUT2D eigenvalue weighted by Gasteiger charge is 2.11. The van der Waals surface area contributed by atoms with Crippen molar-refractivity contribution in [3.05, 3.63) is 23.8 Å². The number of hydrogen-bond donors (Lipinski definition) is 1. The largest absolute Gasteiger partial charge is 0.493 e. The van der Waals surface area contributed by atoms with E-state index in [2.05, 4.69) is 10.7 Å². The maximum atomic E-state index is 11.0. The summed E-state index contributed by atoms with van der Waals surface area (Å²) in [5, 5.41) is 9.49. The number of terminal acetylenes is 1. The van der Waals surface area contributed by atoms with Crippen molar-refractivity contribution in [2.75, 3.05) is 20.8 Å². The molecular weight excluding hydrogens is 236 g/mol. The lowest BCUT2D eigenvalue weighted by molar-refractivity contribution is -0.142. The topological polar surface area (TPSA) is 65.0 Å². The number of carbonyl (C=O) groups is 1. The van der Waals surface area contributed by atoms with E-state index >= 15 is 0 Å². The van der Waals surface area contributed by atoms with E-state index < -0.39 is 12.1 Å². The van der Waals surface area contributed by atoms with Crippen LogP contribution in [0, 0.1) is 12.3 Å². The maximum absolute atomic E-state index is 11.0. The fourth-order valence-corrected chi connectivity index (χ4v) is 1.27. The maximum Gasteiger partial charge on any atom is 0.343 e. The van der Waals surface area contributed by atoms with Crippen LogP contribution in [0.4, 0.5) is 0 Å². The van der Waals surface area contributed by atoms with Gasteiger partial charge < -0.3 is 19.3 Å². The van der Waals surface area contributed by atoms with Crippen LogP contribution in [0.25, 0.3) is 0 Å². The summed E-state index contributed by atoms with van der Waals surface area (Å²) < 4.78 is 14.8. The van der Waals surface area contributed by atoms with E-state index in [1.807, 2.05) is 0 Å². The molecule has 0 saturated carbocycles. The highest BCUT2D eigenvalue weighted by atomic mass is 16.6. The van der Waals surface area contributed by atoms with Gasteiger partial charge in [0, 0.05) is 0 Å². The second kappa shape index (κ2) is 6.52. The van der Waals surface area contributed by atoms with Crippen molar-refractivity contribution in [3.8, 4) is 23.8 Å². The average molecular weight is 250 g/mol. The Morgan fingerprint density at radius 3 is 2.72 bits per heavy atom. The summed E-state index contributed by atoms with van der Waals surface area (Å²) in [6, 6.07) is 4.72. The molecule has 1 unspecified atom stereocenters. The van der Waals surface area contributed by atoms with Gasteiger partial charge in [-0.15, -0.1) is 6.42 Å². The van der Waals surface area contributed by atoms with Gasteiger partial charge in [-0.3, -0.25) is 0 Å². The molecule has 1 aromatic rings. The lowest BCUT2D eigenvalue weighted by Gasteiger charge is -2.12. The first-order valence-electron chi connectivity index (χ1n) is 5.14. The highest BCUT2D eigenvalue weighted by Crippen LogP contribution is 2.30. The lowest BCUT2D eigenvalue weighted by Crippen LogP contribution is -2.13. The minimum absolute atomic E-state index is 0.218. The number of hydrogen-bond acceptors (Lipinski definition) is 5. The molecule has 18 heavy (non-hydrogen) atoms. The van der Waals surface area contributed by atoms with Crippen LogP contribution in [0.1, 0.15) is 11.7 Å². The van der Waals surface area contributed by atoms with E-state index in [1.54, 1.807) is 18.2 Å². The summed E-state index contributed by atoms with van der Waals surface area (Å²) in [6.45, 7) is -0.218. The molecule has 0 aliphatic carbocycles. The van der Waals surface area contributed by atoms with Crippen molar-refractivity contribution in [2.45, 2.75) is 6.10 Å². The van der Waals surface area contributed by atoms with Crippen molar-refractivity contribution >= 4 is 5.97 Å². The Hall–Kier alpha value is -2.19. The zero-order chi connectivity index (χ0) is 13.5. The minimum Gasteiger partial charge on any atom is -0.493 e. The molecule has 96 valence electrons. The van der Waals surface area contributed by atoms with E-state index in [9.17, 15) is 9.90 Å². The Morgan fingerprint density at radius 1 is 1.44 bits per heavy atom. The summed E-state index contributed by atoms with van der Waals surface area (Å²) in [5.41, 5.74) is 0.514. The Bertz CT molecular complexity index is 461. The van der Waals surface area contributed by atoms with Gasteiger partial charge in [0.2, 0.25) is 0 Å². The second-order valence-corrected chi connectivity index (χ2v) is 3.34. The van der Waals surface area contributed by atoms with Crippen LogP contribution < -0.4 is 9.47 Å². The van der Waals surface area contributed by atoms with Crippen molar-refractivity contribution in [1.82, 2.24) is 0 Å². The quantitative estimate of drug-likeness (QED) is 0.621. The number of benzene rings is 1. The highest BCUT2D eigenvalue weighted by molar-refractivity contribution is 5.71. The van der Waals surface area contributed by atoms with Gasteiger partial charge >= 0.3 is 5.97 Å². The standard InChI is InChI=1S/C13H14O5/c1-4-10(14)9-5-6-11(12(7-9)16-2)18-8-13(15)17-3/h1,5-7,10,14H,8H2,2-3H3. The fourth-order valence-electron chi connectivity index (χ4n) is 1.27. The first-order chi connectivity index (χ1) is 8.62. The predicted octanol–water partition coefficient (Wildman–Crippen LogP) is 0.914. The molecule has 1 N–H and O–H groups in total. The van der Waals surface area contributed by atoms with Gasteiger partial charge in [-0.05, 0) is 17.7 Å². The third-order valence-electron chi connectivity index (χ3n) is 2.23.